The van der Waals surface area contributed by atoms with E-state index in [1.54, 1.807) is 0 Å². The third kappa shape index (κ3) is 1.18. The summed E-state index contributed by atoms with van der Waals surface area (Å²) in [5.41, 5.74) is 0. The molecule has 0 aromatic carbocycles. The minimum absolute atomic E-state index is 0.160. The van der Waals surface area contributed by atoms with E-state index in [4.69, 9.17) is 81.2 Å². The number of rotatable bonds is 2. The van der Waals surface area contributed by atoms with Gasteiger partial charge in [0.15, 0.2) is 9.75 Å². The van der Waals surface area contributed by atoms with E-state index in [-0.39, 0.29) is 5.03 Å². The van der Waals surface area contributed by atoms with Crippen LogP contribution in [0.1, 0.15) is 0 Å². The molecule has 0 N–H and O–H groups in total. The second-order valence-electron chi connectivity index (χ2n) is 5.48. The fourth-order valence-electron chi connectivity index (χ4n) is 3.94. The Bertz CT molecular complexity index is 699. The molecule has 0 aliphatic heterocycles. The van der Waals surface area contributed by atoms with Gasteiger partial charge < -0.3 is 9.47 Å². The van der Waals surface area contributed by atoms with Crippen molar-refractivity contribution in [3.63, 3.8) is 0 Å². The van der Waals surface area contributed by atoms with Crippen LogP contribution in [0.5, 0.6) is 0 Å². The Morgan fingerprint density at radius 3 is 1.74 bits per heavy atom. The Morgan fingerprint density at radius 1 is 0.870 bits per heavy atom. The van der Waals surface area contributed by atoms with Crippen molar-refractivity contribution in [1.29, 1.82) is 0 Å². The van der Waals surface area contributed by atoms with Crippen molar-refractivity contribution >= 4 is 93.1 Å². The van der Waals surface area contributed by atoms with E-state index in [2.05, 4.69) is 9.47 Å². The highest BCUT2D eigenvalue weighted by atomic mass is 35.5. The fourth-order valence-corrected chi connectivity index (χ4v) is 8.82. The predicted molar refractivity (Wildman–Crippen MR) is 89.5 cm³/mol. The van der Waals surface area contributed by atoms with Gasteiger partial charge in [-0.3, -0.25) is 9.59 Å². The van der Waals surface area contributed by atoms with Gasteiger partial charge in [0.05, 0.1) is 14.2 Å². The second kappa shape index (κ2) is 4.51. The van der Waals surface area contributed by atoms with Gasteiger partial charge >= 0.3 is 11.9 Å². The first kappa shape index (κ1) is 18.5. The standard InChI is InChI=1S/C12H7Cl7O4/c1-22-5(20)9(16)7(14)3-4(13)8(15)10(17,6(21)23-2)11(7,18)12(8,9)19/h3H,1-2H3/t7-,8+,9-,10-,11+,12-/m1/s1. The Morgan fingerprint density at radius 2 is 1.30 bits per heavy atom. The Balaban J connectivity index is 2.37. The van der Waals surface area contributed by atoms with Gasteiger partial charge in [0.2, 0.25) is 0 Å². The summed E-state index contributed by atoms with van der Waals surface area (Å²) >= 11 is 45.2. The molecule has 6 atom stereocenters. The van der Waals surface area contributed by atoms with Crippen LogP contribution in [0, 0.1) is 0 Å². The van der Waals surface area contributed by atoms with E-state index >= 15 is 0 Å². The highest BCUT2D eigenvalue weighted by Crippen LogP contribution is 2.92. The molecule has 0 unspecified atom stereocenters. The van der Waals surface area contributed by atoms with Gasteiger partial charge in [0.1, 0.15) is 19.5 Å². The molecule has 4 aliphatic rings. The van der Waals surface area contributed by atoms with Crippen LogP contribution in [-0.4, -0.2) is 55.4 Å². The van der Waals surface area contributed by atoms with Crippen LogP contribution in [0.25, 0.3) is 0 Å². The lowest BCUT2D eigenvalue weighted by Gasteiger charge is -2.87. The first-order chi connectivity index (χ1) is 10.3. The molecular formula is C12H7Cl7O4. The summed E-state index contributed by atoms with van der Waals surface area (Å²) in [6.07, 6.45) is 1.17. The summed E-state index contributed by atoms with van der Waals surface area (Å²) in [5, 5.41) is -0.160. The lowest BCUT2D eigenvalue weighted by molar-refractivity contribution is -0.175. The number of alkyl halides is 6. The third-order valence-corrected chi connectivity index (χ3v) is 10.7. The molecule has 0 aromatic heterocycles. The van der Waals surface area contributed by atoms with Gasteiger partial charge in [-0.1, -0.05) is 11.6 Å². The summed E-state index contributed by atoms with van der Waals surface area (Å²) < 4.78 is 9.37. The van der Waals surface area contributed by atoms with Crippen LogP contribution in [-0.2, 0) is 19.1 Å². The Kier molecular flexibility index (Phi) is 3.63. The molecule has 0 radical (unpaired) electrons. The van der Waals surface area contributed by atoms with Crippen LogP contribution >= 0.6 is 81.2 Å². The highest BCUT2D eigenvalue weighted by Gasteiger charge is 3.12. The number of allylic oxidation sites excluding steroid dienone is 2. The topological polar surface area (TPSA) is 52.6 Å². The Hall–Kier alpha value is 0.710. The van der Waals surface area contributed by atoms with Crippen LogP contribution in [0.3, 0.4) is 0 Å². The zero-order chi connectivity index (χ0) is 17.9. The maximum absolute atomic E-state index is 12.3. The number of hydrogen-bond acceptors (Lipinski definition) is 4. The number of halogens is 7. The molecule has 128 valence electrons. The molecule has 0 heterocycles. The smallest absolute Gasteiger partial charge is 0.331 e. The maximum atomic E-state index is 12.3. The molecule has 2 saturated carbocycles. The molecule has 4 nitrogen and oxygen atoms in total. The molecule has 11 heteroatoms. The van der Waals surface area contributed by atoms with Crippen molar-refractivity contribution in [2.45, 2.75) is 29.2 Å². The maximum Gasteiger partial charge on any atom is 0.331 e. The Labute approximate surface area is 166 Å². The molecular weight excluding hydrogens is 456 g/mol. The zero-order valence-electron chi connectivity index (χ0n) is 11.4. The number of ether oxygens (including phenoxy) is 2. The summed E-state index contributed by atoms with van der Waals surface area (Å²) in [4.78, 5) is 12.5. The third-order valence-electron chi connectivity index (χ3n) is 4.96. The van der Waals surface area contributed by atoms with E-state index in [0.29, 0.717) is 0 Å². The quantitative estimate of drug-likeness (QED) is 0.466. The van der Waals surface area contributed by atoms with Crippen molar-refractivity contribution in [2.24, 2.45) is 0 Å². The van der Waals surface area contributed by atoms with Crippen LogP contribution in [0.4, 0.5) is 0 Å². The number of carbonyl (C=O) groups is 2. The van der Waals surface area contributed by atoms with Crippen LogP contribution in [0.2, 0.25) is 0 Å². The molecule has 0 amide bonds. The first-order valence-electron chi connectivity index (χ1n) is 6.03. The highest BCUT2D eigenvalue weighted by molar-refractivity contribution is 6.71. The average molecular weight is 463 g/mol. The SMILES string of the molecule is COC(=O)[C@@]1(Cl)[C@]2(Cl)C=C(Cl)[C@]3(Cl)[C@](Cl)(C(=O)OC)[C@]2(Cl)[C@]13Cl. The number of esters is 2. The number of hydrogen-bond donors (Lipinski definition) is 0. The molecule has 4 aliphatic carbocycles. The van der Waals surface area contributed by atoms with Gasteiger partial charge in [-0.2, -0.15) is 0 Å². The van der Waals surface area contributed by atoms with Crippen molar-refractivity contribution in [3.05, 3.63) is 11.1 Å². The van der Waals surface area contributed by atoms with Gasteiger partial charge in [0, 0.05) is 5.03 Å². The van der Waals surface area contributed by atoms with E-state index in [0.717, 1.165) is 14.2 Å². The van der Waals surface area contributed by atoms with Crippen molar-refractivity contribution in [3.8, 4) is 0 Å². The van der Waals surface area contributed by atoms with Crippen molar-refractivity contribution < 1.29 is 19.1 Å². The van der Waals surface area contributed by atoms with E-state index in [1.165, 1.54) is 6.08 Å². The average Bonchev–Trinajstić information content (AvgIpc) is 2.53. The van der Waals surface area contributed by atoms with Crippen LogP contribution < -0.4 is 0 Å². The van der Waals surface area contributed by atoms with Gasteiger partial charge in [0.25, 0.3) is 0 Å². The monoisotopic (exact) mass is 460 g/mol. The number of carbonyl (C=O) groups excluding carboxylic acids is 2. The minimum Gasteiger partial charge on any atom is -0.468 e. The molecule has 2 fully saturated rings. The number of methoxy groups -OCH3 is 2. The molecule has 0 saturated heterocycles. The van der Waals surface area contributed by atoms with Crippen molar-refractivity contribution in [2.75, 3.05) is 14.2 Å². The predicted octanol–water partition coefficient (Wildman–Crippen LogP) is 3.36. The van der Waals surface area contributed by atoms with Gasteiger partial charge in [-0.25, -0.2) is 0 Å². The largest absolute Gasteiger partial charge is 0.468 e. The van der Waals surface area contributed by atoms with Gasteiger partial charge in [-0.15, -0.1) is 69.6 Å². The summed E-state index contributed by atoms with van der Waals surface area (Å²) in [6.45, 7) is 0. The molecule has 23 heavy (non-hydrogen) atoms. The van der Waals surface area contributed by atoms with Crippen molar-refractivity contribution in [1.82, 2.24) is 0 Å². The minimum atomic E-state index is -2.14. The lowest BCUT2D eigenvalue weighted by atomic mass is 9.31. The van der Waals surface area contributed by atoms with E-state index in [9.17, 15) is 9.59 Å². The van der Waals surface area contributed by atoms with E-state index < -0.39 is 41.2 Å². The molecule has 0 aromatic rings. The lowest BCUT2D eigenvalue weighted by Crippen LogP contribution is -3.11. The van der Waals surface area contributed by atoms with Crippen LogP contribution in [0.15, 0.2) is 11.1 Å². The molecule has 4 bridgehead atoms. The summed E-state index contributed by atoms with van der Waals surface area (Å²) in [7, 11) is 2.17. The summed E-state index contributed by atoms with van der Waals surface area (Å²) in [6, 6.07) is 0. The first-order valence-corrected chi connectivity index (χ1v) is 8.68. The molecule has 4 rings (SSSR count). The van der Waals surface area contributed by atoms with E-state index in [1.807, 2.05) is 0 Å². The zero-order valence-corrected chi connectivity index (χ0v) is 16.6. The fraction of sp³-hybridized carbons (Fsp3) is 0.667. The second-order valence-corrected chi connectivity index (χ2v) is 9.32. The summed E-state index contributed by atoms with van der Waals surface area (Å²) in [5.74, 6) is -1.98. The van der Waals surface area contributed by atoms with Gasteiger partial charge in [-0.05, 0) is 6.08 Å². The molecule has 0 spiro atoms. The normalized spacial score (nSPS) is 56.0.